The third-order valence-corrected chi connectivity index (χ3v) is 7.74. The standard InChI is InChI=1S/C29H30ClN7O2/c1-3-25(38)36-12-6-7-20(15-36)37-29-26(28(31)32-17-33-29)27(34-37)18-10-11-24(22(30)13-18)39-16-19-14-35(2)23-9-5-4-8-21(19)23/h3-5,8-11,13-14,20,32H,1,6-7,12,15-17,31H2,2H3/t20-/m1/s1. The van der Waals surface area contributed by atoms with Crippen LogP contribution in [0.3, 0.4) is 0 Å². The van der Waals surface area contributed by atoms with Gasteiger partial charge in [0.15, 0.2) is 5.49 Å². The number of hydrogen-bond acceptors (Lipinski definition) is 6. The fourth-order valence-corrected chi connectivity index (χ4v) is 5.75. The molecule has 1 fully saturated rings. The van der Waals surface area contributed by atoms with E-state index in [1.54, 1.807) is 0 Å². The molecule has 0 saturated carbocycles. The van der Waals surface area contributed by atoms with Crippen LogP contribution in [0.2, 0.25) is 5.02 Å². The summed E-state index contributed by atoms with van der Waals surface area (Å²) in [6.45, 7) is 5.65. The van der Waals surface area contributed by atoms with Crippen LogP contribution >= 0.6 is 11.6 Å². The highest BCUT2D eigenvalue weighted by Crippen LogP contribution is 2.31. The van der Waals surface area contributed by atoms with Crippen molar-refractivity contribution in [2.45, 2.75) is 25.5 Å². The maximum atomic E-state index is 12.3. The molecule has 2 aromatic heterocycles. The maximum Gasteiger partial charge on any atom is 0.246 e. The number of halogens is 1. The number of hydrogen-bond donors (Lipinski definition) is 2. The molecule has 2 aliphatic rings. The van der Waals surface area contributed by atoms with Crippen LogP contribution in [0.4, 0.5) is 0 Å². The summed E-state index contributed by atoms with van der Waals surface area (Å²) in [5.41, 5.74) is 10.9. The Bertz CT molecular complexity index is 1720. The minimum absolute atomic E-state index is 0.0152. The first kappa shape index (κ1) is 25.1. The SMILES string of the molecule is C=CC(=O)N1CCC[C@@H](n2nc(-c3ccc(OCc4cn(C)c5ccccc45)c(Cl)c3)c3c2=NCNC=3N)C1. The quantitative estimate of drug-likeness (QED) is 0.364. The molecule has 0 aliphatic carbocycles. The maximum absolute atomic E-state index is 12.3. The molecule has 200 valence electrons. The minimum atomic E-state index is -0.0727. The number of piperidine rings is 1. The summed E-state index contributed by atoms with van der Waals surface area (Å²) in [7, 11) is 2.03. The monoisotopic (exact) mass is 543 g/mol. The number of para-hydroxylation sites is 1. The molecule has 2 aromatic carbocycles. The number of fused-ring (bicyclic) bond motifs is 2. The van der Waals surface area contributed by atoms with Gasteiger partial charge in [0.1, 0.15) is 30.5 Å². The molecule has 1 atom stereocenters. The number of likely N-dealkylation sites (tertiary alicyclic amines) is 1. The molecule has 10 heteroatoms. The van der Waals surface area contributed by atoms with Crippen molar-refractivity contribution in [1.82, 2.24) is 24.6 Å². The Hall–Kier alpha value is -4.24. The average Bonchev–Trinajstić information content (AvgIpc) is 3.51. The van der Waals surface area contributed by atoms with Gasteiger partial charge >= 0.3 is 0 Å². The number of carbonyl (C=O) groups is 1. The lowest BCUT2D eigenvalue weighted by atomic mass is 10.1. The molecule has 1 saturated heterocycles. The Morgan fingerprint density at radius 2 is 2.15 bits per heavy atom. The number of carbonyl (C=O) groups excluding carboxylic acids is 1. The molecular formula is C29H30ClN7O2. The van der Waals surface area contributed by atoms with Crippen LogP contribution in [-0.4, -0.2) is 44.9 Å². The molecule has 0 spiro atoms. The first-order chi connectivity index (χ1) is 18.9. The van der Waals surface area contributed by atoms with Crippen LogP contribution in [0.15, 0.2) is 66.3 Å². The van der Waals surface area contributed by atoms with Crippen LogP contribution in [0.5, 0.6) is 5.75 Å². The van der Waals surface area contributed by atoms with E-state index in [-0.39, 0.29) is 11.9 Å². The Balaban J connectivity index is 1.31. The van der Waals surface area contributed by atoms with E-state index >= 15 is 0 Å². The molecule has 0 bridgehead atoms. The third-order valence-electron chi connectivity index (χ3n) is 7.45. The average molecular weight is 544 g/mol. The summed E-state index contributed by atoms with van der Waals surface area (Å²) < 4.78 is 10.1. The van der Waals surface area contributed by atoms with Crippen LogP contribution < -0.4 is 26.5 Å². The van der Waals surface area contributed by atoms with E-state index in [9.17, 15) is 4.79 Å². The zero-order chi connectivity index (χ0) is 27.1. The van der Waals surface area contributed by atoms with E-state index in [2.05, 4.69) is 39.8 Å². The summed E-state index contributed by atoms with van der Waals surface area (Å²) in [5, 5.41) is 10.5. The highest BCUT2D eigenvalue weighted by molar-refractivity contribution is 6.32. The largest absolute Gasteiger partial charge is 0.487 e. The highest BCUT2D eigenvalue weighted by Gasteiger charge is 2.27. The normalized spacial score (nSPS) is 16.9. The topological polar surface area (TPSA) is 103 Å². The molecule has 4 aromatic rings. The zero-order valence-corrected chi connectivity index (χ0v) is 22.5. The fourth-order valence-electron chi connectivity index (χ4n) is 5.51. The summed E-state index contributed by atoms with van der Waals surface area (Å²) in [4.78, 5) is 18.8. The number of amides is 1. The van der Waals surface area contributed by atoms with E-state index in [4.69, 9.17) is 27.2 Å². The van der Waals surface area contributed by atoms with Crippen LogP contribution in [0, 0.1) is 0 Å². The third kappa shape index (κ3) is 4.52. The van der Waals surface area contributed by atoms with Crippen molar-refractivity contribution in [1.29, 1.82) is 0 Å². The highest BCUT2D eigenvalue weighted by atomic mass is 35.5. The van der Waals surface area contributed by atoms with E-state index < -0.39 is 0 Å². The number of rotatable bonds is 6. The van der Waals surface area contributed by atoms with Crippen molar-refractivity contribution in [3.05, 3.63) is 82.6 Å². The molecule has 39 heavy (non-hydrogen) atoms. The summed E-state index contributed by atoms with van der Waals surface area (Å²) in [6, 6.07) is 13.9. The van der Waals surface area contributed by atoms with Gasteiger partial charge < -0.3 is 25.3 Å². The van der Waals surface area contributed by atoms with Crippen molar-refractivity contribution in [3.8, 4) is 17.0 Å². The Labute approximate surface area is 230 Å². The summed E-state index contributed by atoms with van der Waals surface area (Å²) >= 11 is 6.72. The predicted molar refractivity (Wildman–Crippen MR) is 151 cm³/mol. The van der Waals surface area contributed by atoms with E-state index in [1.165, 1.54) is 6.08 Å². The second kappa shape index (κ2) is 10.1. The molecule has 4 heterocycles. The van der Waals surface area contributed by atoms with Crippen molar-refractivity contribution in [2.75, 3.05) is 19.8 Å². The summed E-state index contributed by atoms with van der Waals surface area (Å²) in [5.74, 6) is 1.03. The van der Waals surface area contributed by atoms with Crippen molar-refractivity contribution >= 4 is 34.2 Å². The summed E-state index contributed by atoms with van der Waals surface area (Å²) in [6.07, 6.45) is 5.20. The van der Waals surface area contributed by atoms with E-state index in [1.807, 2.05) is 47.0 Å². The lowest BCUT2D eigenvalue weighted by Crippen LogP contribution is -2.47. The molecule has 6 rings (SSSR count). The molecular weight excluding hydrogens is 514 g/mol. The lowest BCUT2D eigenvalue weighted by molar-refractivity contribution is -0.127. The van der Waals surface area contributed by atoms with Crippen molar-refractivity contribution in [3.63, 3.8) is 0 Å². The molecule has 3 N–H and O–H groups in total. The Morgan fingerprint density at radius 3 is 2.97 bits per heavy atom. The second-order valence-corrected chi connectivity index (χ2v) is 10.3. The number of nitrogens with one attached hydrogen (secondary N) is 1. The van der Waals surface area contributed by atoms with Gasteiger partial charge in [0.2, 0.25) is 5.91 Å². The predicted octanol–water partition coefficient (Wildman–Crippen LogP) is 2.83. The smallest absolute Gasteiger partial charge is 0.246 e. The number of ether oxygens (including phenoxy) is 1. The van der Waals surface area contributed by atoms with Gasteiger partial charge in [-0.1, -0.05) is 36.4 Å². The van der Waals surface area contributed by atoms with Crippen molar-refractivity contribution in [2.24, 2.45) is 17.8 Å². The number of nitrogens with two attached hydrogens (primary N) is 1. The molecule has 0 unspecified atom stereocenters. The first-order valence-electron chi connectivity index (χ1n) is 13.0. The number of aryl methyl sites for hydroxylation is 1. The van der Waals surface area contributed by atoms with Crippen molar-refractivity contribution < 1.29 is 9.53 Å². The number of benzene rings is 2. The molecule has 9 nitrogen and oxygen atoms in total. The van der Waals surface area contributed by atoms with Gasteiger partial charge in [-0.05, 0) is 43.2 Å². The van der Waals surface area contributed by atoms with Gasteiger partial charge in [-0.25, -0.2) is 9.67 Å². The number of nitrogens with zero attached hydrogens (tertiary/aromatic N) is 5. The van der Waals surface area contributed by atoms with Gasteiger partial charge in [-0.2, -0.15) is 5.10 Å². The second-order valence-electron chi connectivity index (χ2n) is 9.90. The van der Waals surface area contributed by atoms with Gasteiger partial charge in [-0.15, -0.1) is 0 Å². The van der Waals surface area contributed by atoms with Crippen LogP contribution in [-0.2, 0) is 18.4 Å². The van der Waals surface area contributed by atoms with Gasteiger partial charge in [-0.3, -0.25) is 4.79 Å². The number of aromatic nitrogens is 3. The minimum Gasteiger partial charge on any atom is -0.487 e. The lowest BCUT2D eigenvalue weighted by Gasteiger charge is -2.32. The van der Waals surface area contributed by atoms with Crippen LogP contribution in [0.1, 0.15) is 24.4 Å². The Morgan fingerprint density at radius 1 is 1.31 bits per heavy atom. The fraction of sp³-hybridized carbons (Fsp3) is 0.276. The molecule has 2 aliphatic heterocycles. The van der Waals surface area contributed by atoms with E-state index in [0.717, 1.165) is 40.1 Å². The zero-order valence-electron chi connectivity index (χ0n) is 21.7. The Kier molecular flexibility index (Phi) is 6.52. The molecule has 1 amide bonds. The van der Waals surface area contributed by atoms with Gasteiger partial charge in [0.05, 0.1) is 16.3 Å². The first-order valence-corrected chi connectivity index (χ1v) is 13.4. The van der Waals surface area contributed by atoms with Gasteiger partial charge in [0, 0.05) is 48.4 Å². The van der Waals surface area contributed by atoms with Gasteiger partial charge in [0.25, 0.3) is 0 Å². The van der Waals surface area contributed by atoms with Crippen LogP contribution in [0.25, 0.3) is 28.0 Å². The molecule has 0 radical (unpaired) electrons. The van der Waals surface area contributed by atoms with E-state index in [0.29, 0.717) is 54.1 Å².